The number of nitrogens with one attached hydrogen (secondary N) is 1. The van der Waals surface area contributed by atoms with Crippen LogP contribution in [0.5, 0.6) is 5.75 Å². The summed E-state index contributed by atoms with van der Waals surface area (Å²) in [7, 11) is 5.61. The normalized spacial score (nSPS) is 11.5. The summed E-state index contributed by atoms with van der Waals surface area (Å²) in [5.41, 5.74) is 1.63. The average molecular weight is 369 g/mol. The van der Waals surface area contributed by atoms with Crippen molar-refractivity contribution in [3.63, 3.8) is 0 Å². The molecule has 0 saturated carbocycles. The monoisotopic (exact) mass is 368 g/mol. The summed E-state index contributed by atoms with van der Waals surface area (Å²) < 4.78 is 5.43. The van der Waals surface area contributed by atoms with E-state index in [1.165, 1.54) is 0 Å². The van der Waals surface area contributed by atoms with E-state index in [4.69, 9.17) is 16.3 Å². The fourth-order valence-corrected chi connectivity index (χ4v) is 2.53. The number of benzene rings is 2. The van der Waals surface area contributed by atoms with E-state index in [9.17, 15) is 4.79 Å². The molecule has 4 nitrogen and oxygen atoms in total. The summed E-state index contributed by atoms with van der Waals surface area (Å²) in [6, 6.07) is 14.7. The molecule has 24 heavy (non-hydrogen) atoms. The van der Waals surface area contributed by atoms with Gasteiger partial charge >= 0.3 is 0 Å². The quantitative estimate of drug-likeness (QED) is 0.842. The summed E-state index contributed by atoms with van der Waals surface area (Å²) in [6.07, 6.45) is 0. The number of halogens is 2. The minimum absolute atomic E-state index is 0. The summed E-state index contributed by atoms with van der Waals surface area (Å²) in [5, 5.41) is 3.58. The largest absolute Gasteiger partial charge is 0.496 e. The Bertz CT molecular complexity index is 660. The van der Waals surface area contributed by atoms with Crippen molar-refractivity contribution in [2.45, 2.75) is 6.04 Å². The molecule has 1 amide bonds. The Balaban J connectivity index is 0.00000288. The standard InChI is InChI=1S/C18H21ClN2O2.ClH/c1-21(2)16(15-6-4-5-7-17(15)23-3)12-20-18(22)13-8-10-14(19)11-9-13;/h4-11,16H,12H2,1-3H3,(H,20,22);1H. The zero-order chi connectivity index (χ0) is 16.8. The molecule has 1 atom stereocenters. The van der Waals surface area contributed by atoms with Crippen LogP contribution in [0.2, 0.25) is 5.02 Å². The predicted octanol–water partition coefficient (Wildman–Crippen LogP) is 3.80. The Morgan fingerprint density at radius 2 is 1.79 bits per heavy atom. The van der Waals surface area contributed by atoms with Gasteiger partial charge in [-0.05, 0) is 44.4 Å². The Morgan fingerprint density at radius 3 is 2.38 bits per heavy atom. The zero-order valence-corrected chi connectivity index (χ0v) is 15.5. The maximum absolute atomic E-state index is 12.3. The topological polar surface area (TPSA) is 41.6 Å². The van der Waals surface area contributed by atoms with Gasteiger partial charge in [-0.1, -0.05) is 29.8 Å². The molecule has 130 valence electrons. The molecule has 0 radical (unpaired) electrons. The lowest BCUT2D eigenvalue weighted by Crippen LogP contribution is -2.34. The van der Waals surface area contributed by atoms with Crippen LogP contribution in [-0.4, -0.2) is 38.6 Å². The third kappa shape index (κ3) is 5.13. The van der Waals surface area contributed by atoms with Gasteiger partial charge in [-0.3, -0.25) is 4.79 Å². The first-order valence-corrected chi connectivity index (χ1v) is 7.74. The van der Waals surface area contributed by atoms with Crippen molar-refractivity contribution >= 4 is 29.9 Å². The lowest BCUT2D eigenvalue weighted by Gasteiger charge is -2.26. The van der Waals surface area contributed by atoms with Gasteiger partial charge in [0.05, 0.1) is 13.2 Å². The summed E-state index contributed by atoms with van der Waals surface area (Å²) >= 11 is 5.85. The molecule has 0 aliphatic carbocycles. The van der Waals surface area contributed by atoms with Gasteiger partial charge in [0.25, 0.3) is 5.91 Å². The van der Waals surface area contributed by atoms with E-state index in [2.05, 4.69) is 10.2 Å². The molecule has 1 N–H and O–H groups in total. The van der Waals surface area contributed by atoms with E-state index in [0.29, 0.717) is 17.1 Å². The minimum Gasteiger partial charge on any atom is -0.496 e. The molecule has 0 saturated heterocycles. The van der Waals surface area contributed by atoms with Crippen LogP contribution in [0.15, 0.2) is 48.5 Å². The predicted molar refractivity (Wildman–Crippen MR) is 100 cm³/mol. The van der Waals surface area contributed by atoms with Crippen molar-refractivity contribution < 1.29 is 9.53 Å². The highest BCUT2D eigenvalue weighted by molar-refractivity contribution is 6.30. The fraction of sp³-hybridized carbons (Fsp3) is 0.278. The number of likely N-dealkylation sites (N-methyl/N-ethyl adjacent to an activating group) is 1. The molecule has 0 spiro atoms. The molecule has 0 aromatic heterocycles. The van der Waals surface area contributed by atoms with Gasteiger partial charge in [0, 0.05) is 22.7 Å². The number of hydrogen-bond acceptors (Lipinski definition) is 3. The first-order valence-electron chi connectivity index (χ1n) is 7.36. The molecule has 2 rings (SSSR count). The van der Waals surface area contributed by atoms with E-state index in [1.807, 2.05) is 38.4 Å². The second-order valence-corrected chi connectivity index (χ2v) is 5.87. The van der Waals surface area contributed by atoms with E-state index in [0.717, 1.165) is 11.3 Å². The Morgan fingerprint density at radius 1 is 1.17 bits per heavy atom. The number of rotatable bonds is 6. The molecule has 2 aromatic carbocycles. The van der Waals surface area contributed by atoms with Crippen molar-refractivity contribution in [2.75, 3.05) is 27.7 Å². The van der Waals surface area contributed by atoms with Crippen LogP contribution in [-0.2, 0) is 0 Å². The maximum Gasteiger partial charge on any atom is 0.251 e. The van der Waals surface area contributed by atoms with Gasteiger partial charge in [0.1, 0.15) is 5.75 Å². The highest BCUT2D eigenvalue weighted by atomic mass is 35.5. The first kappa shape index (κ1) is 20.3. The molecule has 0 heterocycles. The highest BCUT2D eigenvalue weighted by Crippen LogP contribution is 2.27. The molecular formula is C18H22Cl2N2O2. The number of ether oxygens (including phenoxy) is 1. The third-order valence-corrected chi connectivity index (χ3v) is 3.94. The lowest BCUT2D eigenvalue weighted by molar-refractivity contribution is 0.0941. The van der Waals surface area contributed by atoms with Crippen LogP contribution in [0.4, 0.5) is 0 Å². The van der Waals surface area contributed by atoms with Crippen molar-refractivity contribution in [1.29, 1.82) is 0 Å². The number of para-hydroxylation sites is 1. The molecule has 6 heteroatoms. The van der Waals surface area contributed by atoms with Crippen molar-refractivity contribution in [3.05, 3.63) is 64.7 Å². The molecule has 0 aliphatic heterocycles. The molecule has 2 aromatic rings. The smallest absolute Gasteiger partial charge is 0.251 e. The van der Waals surface area contributed by atoms with Crippen LogP contribution in [0, 0.1) is 0 Å². The Hall–Kier alpha value is -1.75. The Kier molecular flexibility index (Phi) is 8.05. The number of amides is 1. The molecule has 0 bridgehead atoms. The average Bonchev–Trinajstić information content (AvgIpc) is 2.55. The summed E-state index contributed by atoms with van der Waals surface area (Å²) in [6.45, 7) is 0.481. The van der Waals surface area contributed by atoms with Gasteiger partial charge in [-0.25, -0.2) is 0 Å². The maximum atomic E-state index is 12.3. The van der Waals surface area contributed by atoms with Gasteiger partial charge in [0.2, 0.25) is 0 Å². The SMILES string of the molecule is COc1ccccc1C(CNC(=O)c1ccc(Cl)cc1)N(C)C.Cl. The minimum atomic E-state index is -0.122. The third-order valence-electron chi connectivity index (χ3n) is 3.68. The van der Waals surface area contributed by atoms with Gasteiger partial charge < -0.3 is 15.0 Å². The van der Waals surface area contributed by atoms with Crippen LogP contribution in [0.25, 0.3) is 0 Å². The van der Waals surface area contributed by atoms with Crippen LogP contribution < -0.4 is 10.1 Å². The summed E-state index contributed by atoms with van der Waals surface area (Å²) in [5.74, 6) is 0.690. The lowest BCUT2D eigenvalue weighted by atomic mass is 10.0. The highest BCUT2D eigenvalue weighted by Gasteiger charge is 2.19. The molecule has 0 aliphatic rings. The summed E-state index contributed by atoms with van der Waals surface area (Å²) in [4.78, 5) is 14.3. The molecule has 0 fully saturated rings. The van der Waals surface area contributed by atoms with Crippen LogP contribution >= 0.6 is 24.0 Å². The fourth-order valence-electron chi connectivity index (χ4n) is 2.41. The van der Waals surface area contributed by atoms with Gasteiger partial charge in [0.15, 0.2) is 0 Å². The van der Waals surface area contributed by atoms with Gasteiger partial charge in [-0.15, -0.1) is 12.4 Å². The van der Waals surface area contributed by atoms with E-state index >= 15 is 0 Å². The Labute approximate surface area is 154 Å². The van der Waals surface area contributed by atoms with Crippen LogP contribution in [0.1, 0.15) is 22.0 Å². The number of nitrogens with zero attached hydrogens (tertiary/aromatic N) is 1. The molecule has 1 unspecified atom stereocenters. The number of carbonyl (C=O) groups excluding carboxylic acids is 1. The number of hydrogen-bond donors (Lipinski definition) is 1. The van der Waals surface area contributed by atoms with Crippen molar-refractivity contribution in [3.8, 4) is 5.75 Å². The second-order valence-electron chi connectivity index (χ2n) is 5.44. The van der Waals surface area contributed by atoms with Crippen LogP contribution in [0.3, 0.4) is 0 Å². The first-order chi connectivity index (χ1) is 11.0. The number of carbonyl (C=O) groups is 1. The van der Waals surface area contributed by atoms with Crippen molar-refractivity contribution in [2.24, 2.45) is 0 Å². The molecular weight excluding hydrogens is 347 g/mol. The second kappa shape index (κ2) is 9.52. The van der Waals surface area contributed by atoms with E-state index in [-0.39, 0.29) is 24.4 Å². The van der Waals surface area contributed by atoms with E-state index in [1.54, 1.807) is 31.4 Å². The van der Waals surface area contributed by atoms with E-state index < -0.39 is 0 Å². The number of methoxy groups -OCH3 is 1. The van der Waals surface area contributed by atoms with Gasteiger partial charge in [-0.2, -0.15) is 0 Å². The van der Waals surface area contributed by atoms with Crippen molar-refractivity contribution in [1.82, 2.24) is 10.2 Å². The zero-order valence-electron chi connectivity index (χ0n) is 14.0.